The minimum atomic E-state index is -1.54. The number of rotatable bonds is 5. The molecule has 0 saturated heterocycles. The predicted octanol–water partition coefficient (Wildman–Crippen LogP) is 2.21. The molecule has 1 fully saturated rings. The van der Waals surface area contributed by atoms with E-state index >= 15 is 0 Å². The van der Waals surface area contributed by atoms with Crippen molar-refractivity contribution in [1.82, 2.24) is 0 Å². The van der Waals surface area contributed by atoms with Gasteiger partial charge in [0.05, 0.1) is 12.1 Å². The molecule has 0 spiro atoms. The molecule has 6 nitrogen and oxygen atoms in total. The molecule has 1 aromatic rings. The predicted molar refractivity (Wildman–Crippen MR) is 87.6 cm³/mol. The fourth-order valence-electron chi connectivity index (χ4n) is 4.10. The van der Waals surface area contributed by atoms with Crippen molar-refractivity contribution in [2.75, 3.05) is 13.2 Å². The summed E-state index contributed by atoms with van der Waals surface area (Å²) in [6.07, 6.45) is 0. The van der Waals surface area contributed by atoms with Crippen LogP contribution in [0.5, 0.6) is 0 Å². The Hall–Kier alpha value is -2.41. The molecule has 1 heterocycles. The van der Waals surface area contributed by atoms with E-state index in [1.54, 1.807) is 13.8 Å². The minimum Gasteiger partial charge on any atom is -0.386 e. The molecule has 1 aliphatic carbocycles. The number of fused-ring (bicyclic) bond motifs is 1. The monoisotopic (exact) mass is 324 g/mol. The van der Waals surface area contributed by atoms with Crippen molar-refractivity contribution in [3.63, 3.8) is 0 Å². The summed E-state index contributed by atoms with van der Waals surface area (Å²) in [4.78, 5) is 4.32. The lowest BCUT2D eigenvalue weighted by Gasteiger charge is -2.31. The molecule has 2 aliphatic rings. The van der Waals surface area contributed by atoms with Crippen LogP contribution >= 0.6 is 0 Å². The van der Waals surface area contributed by atoms with E-state index < -0.39 is 22.7 Å². The van der Waals surface area contributed by atoms with Gasteiger partial charge in [0.2, 0.25) is 0 Å². The molecule has 3 rings (SSSR count). The number of nitrogens with zero attached hydrogens (tertiary/aromatic N) is 3. The second kappa shape index (κ2) is 5.31. The summed E-state index contributed by atoms with van der Waals surface area (Å²) in [5.74, 6) is -1.87. The van der Waals surface area contributed by atoms with Crippen molar-refractivity contribution in [2.45, 2.75) is 32.6 Å². The third kappa shape index (κ3) is 1.62. The third-order valence-electron chi connectivity index (χ3n) is 4.98. The summed E-state index contributed by atoms with van der Waals surface area (Å²) in [6, 6.07) is 12.3. The molecule has 0 bridgehead atoms. The first-order chi connectivity index (χ1) is 11.5. The number of amidine groups is 1. The number of nitriles is 2. The Morgan fingerprint density at radius 3 is 2.38 bits per heavy atom. The molecular formula is C18H20N4O2. The number of aryl methyl sites for hydroxylation is 1. The van der Waals surface area contributed by atoms with Crippen LogP contribution in [0.15, 0.2) is 29.3 Å². The van der Waals surface area contributed by atoms with Gasteiger partial charge in [0.15, 0.2) is 5.41 Å². The normalized spacial score (nSPS) is 32.4. The molecule has 1 saturated carbocycles. The lowest BCUT2D eigenvalue weighted by atomic mass is 9.93. The topological polar surface area (TPSA) is 104 Å². The largest absolute Gasteiger partial charge is 0.386 e. The Morgan fingerprint density at radius 2 is 1.88 bits per heavy atom. The van der Waals surface area contributed by atoms with Crippen LogP contribution in [0.2, 0.25) is 0 Å². The molecule has 0 unspecified atom stereocenters. The molecule has 0 radical (unpaired) electrons. The summed E-state index contributed by atoms with van der Waals surface area (Å²) < 4.78 is 11.6. The first-order valence-corrected chi connectivity index (χ1v) is 8.02. The maximum absolute atomic E-state index is 10.1. The van der Waals surface area contributed by atoms with Gasteiger partial charge in [-0.2, -0.15) is 10.5 Å². The van der Waals surface area contributed by atoms with Crippen molar-refractivity contribution < 1.29 is 9.47 Å². The van der Waals surface area contributed by atoms with Gasteiger partial charge in [-0.15, -0.1) is 0 Å². The molecule has 6 heteroatoms. The highest BCUT2D eigenvalue weighted by molar-refractivity contribution is 6.00. The fraction of sp³-hybridized carbons (Fsp3) is 0.500. The summed E-state index contributed by atoms with van der Waals surface area (Å²) >= 11 is 0. The molecule has 24 heavy (non-hydrogen) atoms. The average Bonchev–Trinajstić information content (AvgIpc) is 3.14. The van der Waals surface area contributed by atoms with Gasteiger partial charge in [-0.05, 0) is 26.3 Å². The van der Waals surface area contributed by atoms with Crippen molar-refractivity contribution >= 4 is 5.84 Å². The zero-order valence-electron chi connectivity index (χ0n) is 14.0. The van der Waals surface area contributed by atoms with E-state index in [9.17, 15) is 10.5 Å². The van der Waals surface area contributed by atoms with E-state index in [0.717, 1.165) is 11.1 Å². The maximum Gasteiger partial charge on any atom is 0.293 e. The molecule has 1 aromatic carbocycles. The summed E-state index contributed by atoms with van der Waals surface area (Å²) in [5.41, 5.74) is 5.57. The molecule has 1 aliphatic heterocycles. The van der Waals surface area contributed by atoms with Crippen LogP contribution in [0.4, 0.5) is 0 Å². The van der Waals surface area contributed by atoms with Gasteiger partial charge < -0.3 is 15.2 Å². The van der Waals surface area contributed by atoms with Crippen LogP contribution in [0, 0.1) is 40.4 Å². The first kappa shape index (κ1) is 16.4. The zero-order valence-corrected chi connectivity index (χ0v) is 14.0. The van der Waals surface area contributed by atoms with Crippen LogP contribution < -0.4 is 5.73 Å². The van der Waals surface area contributed by atoms with Crippen LogP contribution in [0.3, 0.4) is 0 Å². The van der Waals surface area contributed by atoms with Gasteiger partial charge in [0.25, 0.3) is 5.91 Å². The zero-order chi connectivity index (χ0) is 17.6. The van der Waals surface area contributed by atoms with Gasteiger partial charge >= 0.3 is 0 Å². The van der Waals surface area contributed by atoms with E-state index in [1.165, 1.54) is 0 Å². The SMILES string of the molecule is CCOC1(OCC)N=C(N)[C@@]2(C#N)[C@@H](c3cccc(C)c3)[C@@]12C#N. The highest BCUT2D eigenvalue weighted by Gasteiger charge is 2.93. The Bertz CT molecular complexity index is 785. The lowest BCUT2D eigenvalue weighted by Crippen LogP contribution is -2.43. The Kier molecular flexibility index (Phi) is 3.64. The van der Waals surface area contributed by atoms with Crippen LogP contribution in [0.1, 0.15) is 30.9 Å². The Balaban J connectivity index is 2.23. The summed E-state index contributed by atoms with van der Waals surface area (Å²) in [6.45, 7) is 6.15. The van der Waals surface area contributed by atoms with Crippen LogP contribution in [-0.4, -0.2) is 25.0 Å². The number of benzene rings is 1. The van der Waals surface area contributed by atoms with E-state index in [0.29, 0.717) is 13.2 Å². The van der Waals surface area contributed by atoms with E-state index in [1.807, 2.05) is 31.2 Å². The molecule has 0 aromatic heterocycles. The van der Waals surface area contributed by atoms with Crippen molar-refractivity contribution in [3.05, 3.63) is 35.4 Å². The van der Waals surface area contributed by atoms with Gasteiger partial charge in [-0.3, -0.25) is 0 Å². The molecule has 2 N–H and O–H groups in total. The van der Waals surface area contributed by atoms with Crippen LogP contribution in [0.25, 0.3) is 0 Å². The summed E-state index contributed by atoms with van der Waals surface area (Å²) in [7, 11) is 0. The van der Waals surface area contributed by atoms with Gasteiger partial charge in [0.1, 0.15) is 11.3 Å². The van der Waals surface area contributed by atoms with Gasteiger partial charge in [-0.1, -0.05) is 29.8 Å². The number of nitrogens with two attached hydrogens (primary N) is 1. The number of aliphatic imine (C=N–C) groups is 1. The van der Waals surface area contributed by atoms with Gasteiger partial charge in [-0.25, -0.2) is 4.99 Å². The minimum absolute atomic E-state index is 0.111. The number of hydrogen-bond acceptors (Lipinski definition) is 6. The Labute approximate surface area is 141 Å². The molecule has 0 amide bonds. The van der Waals surface area contributed by atoms with E-state index in [2.05, 4.69) is 17.1 Å². The van der Waals surface area contributed by atoms with Crippen molar-refractivity contribution in [3.8, 4) is 12.1 Å². The van der Waals surface area contributed by atoms with Crippen LogP contribution in [-0.2, 0) is 9.47 Å². The average molecular weight is 324 g/mol. The van der Waals surface area contributed by atoms with Crippen molar-refractivity contribution in [1.29, 1.82) is 10.5 Å². The van der Waals surface area contributed by atoms with E-state index in [4.69, 9.17) is 15.2 Å². The Morgan fingerprint density at radius 1 is 1.21 bits per heavy atom. The fourth-order valence-corrected chi connectivity index (χ4v) is 4.10. The quantitative estimate of drug-likeness (QED) is 0.836. The highest BCUT2D eigenvalue weighted by atomic mass is 16.7. The standard InChI is InChI=1S/C18H20N4O2/c1-4-23-18(24-5-2)17(11-20)14(13-8-6-7-12(3)9-13)16(17,10-19)15(21)22-18/h6-9,14H,4-5H2,1-3H3,(H2,21,22)/t14-,16-,17-/m1/s1. The molecule has 124 valence electrons. The molecular weight excluding hydrogens is 304 g/mol. The first-order valence-electron chi connectivity index (χ1n) is 8.02. The lowest BCUT2D eigenvalue weighted by molar-refractivity contribution is -0.255. The maximum atomic E-state index is 10.1. The van der Waals surface area contributed by atoms with Gasteiger partial charge in [0, 0.05) is 19.1 Å². The highest BCUT2D eigenvalue weighted by Crippen LogP contribution is 2.81. The second-order valence-corrected chi connectivity index (χ2v) is 6.13. The number of ether oxygens (including phenoxy) is 2. The third-order valence-corrected chi connectivity index (χ3v) is 4.98. The number of hydrogen-bond donors (Lipinski definition) is 1. The summed E-state index contributed by atoms with van der Waals surface area (Å²) in [5, 5.41) is 20.0. The molecule has 3 atom stereocenters. The van der Waals surface area contributed by atoms with Crippen molar-refractivity contribution in [2.24, 2.45) is 21.6 Å². The van der Waals surface area contributed by atoms with E-state index in [-0.39, 0.29) is 5.84 Å². The smallest absolute Gasteiger partial charge is 0.293 e. The second-order valence-electron chi connectivity index (χ2n) is 6.13.